The molecule has 0 aromatic carbocycles. The van der Waals surface area contributed by atoms with Gasteiger partial charge in [-0.1, -0.05) is 26.2 Å². The number of hydrogen-bond donors (Lipinski definition) is 1. The summed E-state index contributed by atoms with van der Waals surface area (Å²) in [5.41, 5.74) is 0.472. The quantitative estimate of drug-likeness (QED) is 0.727. The van der Waals surface area contributed by atoms with Crippen molar-refractivity contribution in [2.24, 2.45) is 5.41 Å². The van der Waals surface area contributed by atoms with Crippen LogP contribution in [0, 0.1) is 5.41 Å². The number of rotatable bonds is 5. The molecule has 0 aromatic heterocycles. The Balaban J connectivity index is 2.12. The monoisotopic (exact) mass is 226 g/mol. The Bertz CT molecular complexity index is 220. The van der Waals surface area contributed by atoms with Gasteiger partial charge in [-0.15, -0.1) is 0 Å². The van der Waals surface area contributed by atoms with Crippen molar-refractivity contribution < 1.29 is 4.79 Å². The molecule has 0 saturated heterocycles. The summed E-state index contributed by atoms with van der Waals surface area (Å²) in [6.07, 6.45) is 7.42. The molecule has 0 aromatic rings. The number of carbonyl (C=O) groups excluding carboxylic acids is 1. The summed E-state index contributed by atoms with van der Waals surface area (Å²) >= 11 is 0. The number of nitrogens with one attached hydrogen (secondary N) is 1. The van der Waals surface area contributed by atoms with Crippen LogP contribution in [0.5, 0.6) is 0 Å². The lowest BCUT2D eigenvalue weighted by molar-refractivity contribution is -0.128. The maximum Gasteiger partial charge on any atom is 0.223 e. The minimum atomic E-state index is 0.210. The van der Waals surface area contributed by atoms with Gasteiger partial charge in [-0.05, 0) is 18.3 Å². The van der Waals surface area contributed by atoms with Gasteiger partial charge in [0.05, 0.1) is 0 Å². The summed E-state index contributed by atoms with van der Waals surface area (Å²) in [6.45, 7) is 4.24. The lowest BCUT2D eigenvalue weighted by Gasteiger charge is -2.33. The molecule has 1 amide bonds. The van der Waals surface area contributed by atoms with Crippen LogP contribution in [0.15, 0.2) is 0 Å². The zero-order valence-corrected chi connectivity index (χ0v) is 11.0. The number of amides is 1. The Morgan fingerprint density at radius 3 is 2.44 bits per heavy atom. The van der Waals surface area contributed by atoms with Crippen LogP contribution < -0.4 is 5.32 Å². The van der Waals surface area contributed by atoms with Crippen molar-refractivity contribution >= 4 is 5.91 Å². The molecule has 1 aliphatic rings. The summed E-state index contributed by atoms with van der Waals surface area (Å²) in [6, 6.07) is 0. The van der Waals surface area contributed by atoms with Gasteiger partial charge in [-0.2, -0.15) is 0 Å². The first-order valence-electron chi connectivity index (χ1n) is 6.44. The van der Waals surface area contributed by atoms with Gasteiger partial charge in [0, 0.05) is 33.6 Å². The first-order chi connectivity index (χ1) is 7.53. The highest BCUT2D eigenvalue weighted by molar-refractivity contribution is 5.75. The maximum atomic E-state index is 11.4. The molecular formula is C13H26N2O. The van der Waals surface area contributed by atoms with Crippen molar-refractivity contribution in [3.8, 4) is 0 Å². The van der Waals surface area contributed by atoms with Crippen molar-refractivity contribution in [2.75, 3.05) is 27.2 Å². The van der Waals surface area contributed by atoms with Crippen LogP contribution in [0.4, 0.5) is 0 Å². The van der Waals surface area contributed by atoms with E-state index in [0.717, 1.165) is 13.1 Å². The zero-order chi connectivity index (χ0) is 12.0. The van der Waals surface area contributed by atoms with Gasteiger partial charge >= 0.3 is 0 Å². The summed E-state index contributed by atoms with van der Waals surface area (Å²) < 4.78 is 0. The molecule has 1 aliphatic carbocycles. The molecular weight excluding hydrogens is 200 g/mol. The molecule has 0 atom stereocenters. The Morgan fingerprint density at radius 2 is 1.88 bits per heavy atom. The predicted molar refractivity (Wildman–Crippen MR) is 67.4 cm³/mol. The average Bonchev–Trinajstić information content (AvgIpc) is 2.25. The summed E-state index contributed by atoms with van der Waals surface area (Å²) in [4.78, 5) is 13.0. The SMILES string of the molecule is CN(C)C(=O)CCNCC1(C)CCCCC1. The Kier molecular flexibility index (Phi) is 5.26. The van der Waals surface area contributed by atoms with Crippen molar-refractivity contribution in [3.63, 3.8) is 0 Å². The topological polar surface area (TPSA) is 32.3 Å². The van der Waals surface area contributed by atoms with Crippen LogP contribution >= 0.6 is 0 Å². The Morgan fingerprint density at radius 1 is 1.25 bits per heavy atom. The van der Waals surface area contributed by atoms with E-state index in [1.54, 1.807) is 4.90 Å². The van der Waals surface area contributed by atoms with Gasteiger partial charge in [-0.3, -0.25) is 4.79 Å². The molecule has 0 unspecified atom stereocenters. The summed E-state index contributed by atoms with van der Waals surface area (Å²) in [5, 5.41) is 3.43. The second-order valence-electron chi connectivity index (χ2n) is 5.59. The molecule has 1 rings (SSSR count). The van der Waals surface area contributed by atoms with Gasteiger partial charge in [0.25, 0.3) is 0 Å². The first-order valence-corrected chi connectivity index (χ1v) is 6.44. The number of carbonyl (C=O) groups is 1. The van der Waals surface area contributed by atoms with Crippen LogP contribution in [0.2, 0.25) is 0 Å². The van der Waals surface area contributed by atoms with Crippen molar-refractivity contribution in [2.45, 2.75) is 45.4 Å². The largest absolute Gasteiger partial charge is 0.349 e. The Hall–Kier alpha value is -0.570. The fraction of sp³-hybridized carbons (Fsp3) is 0.923. The molecule has 1 saturated carbocycles. The molecule has 0 aliphatic heterocycles. The third kappa shape index (κ3) is 4.52. The van der Waals surface area contributed by atoms with Crippen molar-refractivity contribution in [1.82, 2.24) is 10.2 Å². The van der Waals surface area contributed by atoms with Gasteiger partial charge in [0.1, 0.15) is 0 Å². The molecule has 3 heteroatoms. The molecule has 3 nitrogen and oxygen atoms in total. The van der Waals surface area contributed by atoms with Crippen LogP contribution in [0.1, 0.15) is 45.4 Å². The van der Waals surface area contributed by atoms with E-state index in [1.807, 2.05) is 14.1 Å². The van der Waals surface area contributed by atoms with Crippen LogP contribution in [0.3, 0.4) is 0 Å². The molecule has 0 radical (unpaired) electrons. The van der Waals surface area contributed by atoms with E-state index in [9.17, 15) is 4.79 Å². The smallest absolute Gasteiger partial charge is 0.223 e. The van der Waals surface area contributed by atoms with E-state index in [1.165, 1.54) is 32.1 Å². The van der Waals surface area contributed by atoms with E-state index < -0.39 is 0 Å². The second-order valence-corrected chi connectivity index (χ2v) is 5.59. The highest BCUT2D eigenvalue weighted by atomic mass is 16.2. The first kappa shape index (κ1) is 13.5. The lowest BCUT2D eigenvalue weighted by Crippen LogP contribution is -2.35. The molecule has 94 valence electrons. The van der Waals surface area contributed by atoms with E-state index in [-0.39, 0.29) is 5.91 Å². The maximum absolute atomic E-state index is 11.4. The fourth-order valence-corrected chi connectivity index (χ4v) is 2.39. The van der Waals surface area contributed by atoms with Gasteiger partial charge in [0.2, 0.25) is 5.91 Å². The van der Waals surface area contributed by atoms with Crippen molar-refractivity contribution in [3.05, 3.63) is 0 Å². The number of nitrogens with zero attached hydrogens (tertiary/aromatic N) is 1. The minimum absolute atomic E-state index is 0.210. The van der Waals surface area contributed by atoms with E-state index in [2.05, 4.69) is 12.2 Å². The van der Waals surface area contributed by atoms with E-state index in [0.29, 0.717) is 11.8 Å². The molecule has 0 bridgehead atoms. The number of hydrogen-bond acceptors (Lipinski definition) is 2. The fourth-order valence-electron chi connectivity index (χ4n) is 2.39. The van der Waals surface area contributed by atoms with Crippen LogP contribution in [-0.4, -0.2) is 38.0 Å². The van der Waals surface area contributed by atoms with E-state index >= 15 is 0 Å². The second kappa shape index (κ2) is 6.24. The lowest BCUT2D eigenvalue weighted by atomic mass is 9.76. The predicted octanol–water partition coefficient (Wildman–Crippen LogP) is 2.02. The molecule has 0 spiro atoms. The molecule has 16 heavy (non-hydrogen) atoms. The van der Waals surface area contributed by atoms with Gasteiger partial charge in [0.15, 0.2) is 0 Å². The van der Waals surface area contributed by atoms with E-state index in [4.69, 9.17) is 0 Å². The van der Waals surface area contributed by atoms with Gasteiger partial charge in [-0.25, -0.2) is 0 Å². The third-order valence-electron chi connectivity index (χ3n) is 3.63. The summed E-state index contributed by atoms with van der Waals surface area (Å²) in [5.74, 6) is 0.210. The highest BCUT2D eigenvalue weighted by Gasteiger charge is 2.25. The average molecular weight is 226 g/mol. The zero-order valence-electron chi connectivity index (χ0n) is 11.0. The van der Waals surface area contributed by atoms with Crippen LogP contribution in [0.25, 0.3) is 0 Å². The Labute approximate surface area is 99.6 Å². The molecule has 0 heterocycles. The summed E-state index contributed by atoms with van der Waals surface area (Å²) in [7, 11) is 3.62. The van der Waals surface area contributed by atoms with Crippen molar-refractivity contribution in [1.29, 1.82) is 0 Å². The minimum Gasteiger partial charge on any atom is -0.349 e. The normalized spacial score (nSPS) is 19.4. The standard InChI is InChI=1S/C13H26N2O/c1-13(8-5-4-6-9-13)11-14-10-7-12(16)15(2)3/h14H,4-11H2,1-3H3. The molecule has 1 N–H and O–H groups in total. The van der Waals surface area contributed by atoms with Gasteiger partial charge < -0.3 is 10.2 Å². The van der Waals surface area contributed by atoms with Crippen LogP contribution in [-0.2, 0) is 4.79 Å². The highest BCUT2D eigenvalue weighted by Crippen LogP contribution is 2.34. The molecule has 1 fully saturated rings. The third-order valence-corrected chi connectivity index (χ3v) is 3.63.